The summed E-state index contributed by atoms with van der Waals surface area (Å²) in [5, 5.41) is 3.27. The second-order valence-electron chi connectivity index (χ2n) is 5.89. The van der Waals surface area contributed by atoms with Gasteiger partial charge in [-0.1, -0.05) is 32.0 Å². The maximum atomic E-state index is 12.8. The molecule has 0 saturated carbocycles. The second-order valence-corrected chi connectivity index (χ2v) is 7.86. The van der Waals surface area contributed by atoms with E-state index in [2.05, 4.69) is 5.32 Å². The lowest BCUT2D eigenvalue weighted by Gasteiger charge is -2.37. The van der Waals surface area contributed by atoms with Crippen molar-refractivity contribution in [2.45, 2.75) is 19.9 Å². The van der Waals surface area contributed by atoms with Gasteiger partial charge in [0.25, 0.3) is 0 Å². The number of para-hydroxylation sites is 1. The van der Waals surface area contributed by atoms with E-state index in [4.69, 9.17) is 4.74 Å². The molecule has 0 spiro atoms. The Hall–Kier alpha value is -1.35. The summed E-state index contributed by atoms with van der Waals surface area (Å²) in [5.41, 5.74) is 0.880. The van der Waals surface area contributed by atoms with Crippen LogP contribution in [-0.2, 0) is 14.8 Å². The van der Waals surface area contributed by atoms with E-state index in [1.54, 1.807) is 25.9 Å². The molecule has 2 rings (SSSR count). The summed E-state index contributed by atoms with van der Waals surface area (Å²) >= 11 is 0. The first-order valence-corrected chi connectivity index (χ1v) is 10.2. The number of ether oxygens (including phenoxy) is 1. The first-order valence-electron chi connectivity index (χ1n) is 8.55. The normalized spacial score (nSPS) is 17.7. The molecular formula is C17H28ClN3O4S. The van der Waals surface area contributed by atoms with Crippen molar-refractivity contribution >= 4 is 28.3 Å². The summed E-state index contributed by atoms with van der Waals surface area (Å²) in [7, 11) is -2.01. The van der Waals surface area contributed by atoms with E-state index in [0.717, 1.165) is 5.56 Å². The number of piperazine rings is 1. The van der Waals surface area contributed by atoms with E-state index in [1.807, 2.05) is 24.3 Å². The molecule has 0 bridgehead atoms. The molecule has 1 saturated heterocycles. The van der Waals surface area contributed by atoms with Gasteiger partial charge in [-0.15, -0.1) is 12.4 Å². The predicted octanol–water partition coefficient (Wildman–Crippen LogP) is 1.26. The van der Waals surface area contributed by atoms with Crippen molar-refractivity contribution in [1.82, 2.24) is 14.5 Å². The average Bonchev–Trinajstić information content (AvgIpc) is 2.62. The molecule has 148 valence electrons. The van der Waals surface area contributed by atoms with Gasteiger partial charge in [-0.25, -0.2) is 12.7 Å². The SMILES string of the molecule is CCN(CC)S(=O)(=O)CC(=O)N1CCNCC1c1ccccc1OC.Cl. The van der Waals surface area contributed by atoms with Gasteiger partial charge < -0.3 is 15.0 Å². The zero-order valence-electron chi connectivity index (χ0n) is 15.5. The molecule has 1 aliphatic rings. The van der Waals surface area contributed by atoms with Crippen molar-refractivity contribution in [2.24, 2.45) is 0 Å². The topological polar surface area (TPSA) is 79.0 Å². The van der Waals surface area contributed by atoms with Gasteiger partial charge in [0, 0.05) is 38.3 Å². The van der Waals surface area contributed by atoms with Gasteiger partial charge in [-0.05, 0) is 6.07 Å². The molecular weight excluding hydrogens is 378 g/mol. The first-order chi connectivity index (χ1) is 11.9. The Bertz CT molecular complexity index is 695. The third-order valence-corrected chi connectivity index (χ3v) is 6.38. The number of amides is 1. The number of sulfonamides is 1. The Kier molecular flexibility index (Phi) is 8.82. The first kappa shape index (κ1) is 22.7. The molecule has 1 aromatic carbocycles. The highest BCUT2D eigenvalue weighted by molar-refractivity contribution is 7.89. The van der Waals surface area contributed by atoms with Crippen molar-refractivity contribution in [2.75, 3.05) is 45.6 Å². The minimum absolute atomic E-state index is 0. The van der Waals surface area contributed by atoms with Crippen LogP contribution in [0.3, 0.4) is 0 Å². The maximum Gasteiger partial charge on any atom is 0.239 e. The van der Waals surface area contributed by atoms with Crippen LogP contribution in [-0.4, -0.2) is 69.1 Å². The van der Waals surface area contributed by atoms with Crippen molar-refractivity contribution in [3.63, 3.8) is 0 Å². The Morgan fingerprint density at radius 3 is 2.58 bits per heavy atom. The summed E-state index contributed by atoms with van der Waals surface area (Å²) < 4.78 is 31.6. The number of nitrogens with zero attached hydrogens (tertiary/aromatic N) is 2. The molecule has 1 aliphatic heterocycles. The number of hydrogen-bond acceptors (Lipinski definition) is 5. The van der Waals surface area contributed by atoms with Gasteiger partial charge in [0.2, 0.25) is 15.9 Å². The van der Waals surface area contributed by atoms with Crippen LogP contribution in [0.25, 0.3) is 0 Å². The molecule has 1 atom stereocenters. The lowest BCUT2D eigenvalue weighted by atomic mass is 10.0. The van der Waals surface area contributed by atoms with Crippen LogP contribution in [0.4, 0.5) is 0 Å². The van der Waals surface area contributed by atoms with Gasteiger partial charge in [0.1, 0.15) is 11.5 Å². The lowest BCUT2D eigenvalue weighted by Crippen LogP contribution is -2.51. The monoisotopic (exact) mass is 405 g/mol. The van der Waals surface area contributed by atoms with Crippen LogP contribution in [0.5, 0.6) is 5.75 Å². The minimum Gasteiger partial charge on any atom is -0.496 e. The van der Waals surface area contributed by atoms with E-state index in [9.17, 15) is 13.2 Å². The van der Waals surface area contributed by atoms with Crippen molar-refractivity contribution in [3.8, 4) is 5.75 Å². The van der Waals surface area contributed by atoms with Crippen molar-refractivity contribution < 1.29 is 17.9 Å². The van der Waals surface area contributed by atoms with Crippen LogP contribution in [0.1, 0.15) is 25.5 Å². The van der Waals surface area contributed by atoms with Crippen LogP contribution in [0.15, 0.2) is 24.3 Å². The van der Waals surface area contributed by atoms with E-state index in [1.165, 1.54) is 4.31 Å². The third kappa shape index (κ3) is 5.09. The largest absolute Gasteiger partial charge is 0.496 e. The molecule has 1 heterocycles. The molecule has 0 aromatic heterocycles. The number of halogens is 1. The van der Waals surface area contributed by atoms with E-state index >= 15 is 0 Å². The van der Waals surface area contributed by atoms with E-state index in [-0.39, 0.29) is 24.4 Å². The quantitative estimate of drug-likeness (QED) is 0.738. The van der Waals surface area contributed by atoms with Crippen LogP contribution >= 0.6 is 12.4 Å². The zero-order chi connectivity index (χ0) is 18.4. The summed E-state index contributed by atoms with van der Waals surface area (Å²) in [5.74, 6) is -0.176. The zero-order valence-corrected chi connectivity index (χ0v) is 17.1. The molecule has 1 amide bonds. The number of hydrogen-bond donors (Lipinski definition) is 1. The molecule has 1 N–H and O–H groups in total. The van der Waals surface area contributed by atoms with Gasteiger partial charge in [0.15, 0.2) is 0 Å². The highest BCUT2D eigenvalue weighted by atomic mass is 35.5. The molecule has 26 heavy (non-hydrogen) atoms. The van der Waals surface area contributed by atoms with Crippen molar-refractivity contribution in [1.29, 1.82) is 0 Å². The smallest absolute Gasteiger partial charge is 0.239 e. The third-order valence-electron chi connectivity index (χ3n) is 4.47. The molecule has 7 nitrogen and oxygen atoms in total. The van der Waals surface area contributed by atoms with Crippen LogP contribution in [0.2, 0.25) is 0 Å². The fraction of sp³-hybridized carbons (Fsp3) is 0.588. The Labute approximate surface area is 162 Å². The maximum absolute atomic E-state index is 12.8. The summed E-state index contributed by atoms with van der Waals surface area (Å²) in [6.07, 6.45) is 0. The predicted molar refractivity (Wildman–Crippen MR) is 104 cm³/mol. The van der Waals surface area contributed by atoms with Gasteiger partial charge in [-0.2, -0.15) is 0 Å². The highest BCUT2D eigenvalue weighted by Crippen LogP contribution is 2.30. The van der Waals surface area contributed by atoms with E-state index < -0.39 is 15.8 Å². The van der Waals surface area contributed by atoms with Crippen LogP contribution < -0.4 is 10.1 Å². The van der Waals surface area contributed by atoms with Gasteiger partial charge in [0.05, 0.1) is 13.2 Å². The summed E-state index contributed by atoms with van der Waals surface area (Å²) in [6.45, 7) is 5.95. The number of methoxy groups -OCH3 is 1. The molecule has 0 radical (unpaired) electrons. The Morgan fingerprint density at radius 2 is 1.96 bits per heavy atom. The van der Waals surface area contributed by atoms with Gasteiger partial charge in [-0.3, -0.25) is 4.79 Å². The lowest BCUT2D eigenvalue weighted by molar-refractivity contribution is -0.131. The molecule has 0 aliphatic carbocycles. The molecule has 9 heteroatoms. The number of carbonyl (C=O) groups excluding carboxylic acids is 1. The Balaban J connectivity index is 0.00000338. The summed E-state index contributed by atoms with van der Waals surface area (Å²) in [4.78, 5) is 14.4. The number of benzene rings is 1. The standard InChI is InChI=1S/C17H27N3O4S.ClH/c1-4-19(5-2)25(22,23)13-17(21)20-11-10-18-12-15(20)14-8-6-7-9-16(14)24-3;/h6-9,15,18H,4-5,10-13H2,1-3H3;1H. The average molecular weight is 406 g/mol. The number of carbonyl (C=O) groups is 1. The van der Waals surface area contributed by atoms with E-state index in [0.29, 0.717) is 38.5 Å². The summed E-state index contributed by atoms with van der Waals surface area (Å²) in [6, 6.07) is 7.27. The number of nitrogens with one attached hydrogen (secondary N) is 1. The minimum atomic E-state index is -3.60. The molecule has 1 unspecified atom stereocenters. The van der Waals surface area contributed by atoms with Gasteiger partial charge >= 0.3 is 0 Å². The second kappa shape index (κ2) is 10.1. The highest BCUT2D eigenvalue weighted by Gasteiger charge is 2.33. The fourth-order valence-corrected chi connectivity index (χ4v) is 4.62. The molecule has 1 aromatic rings. The molecule has 1 fully saturated rings. The van der Waals surface area contributed by atoms with Crippen molar-refractivity contribution in [3.05, 3.63) is 29.8 Å². The number of rotatable bonds is 7. The van der Waals surface area contributed by atoms with Crippen LogP contribution in [0, 0.1) is 0 Å². The Morgan fingerprint density at radius 1 is 1.31 bits per heavy atom. The fourth-order valence-electron chi connectivity index (χ4n) is 3.17.